The van der Waals surface area contributed by atoms with Gasteiger partial charge in [-0.1, -0.05) is 41.7 Å². The average molecular weight is 433 g/mol. The molecule has 4 aromatic rings. The average Bonchev–Trinajstić information content (AvgIpc) is 3.38. The molecule has 158 valence electrons. The molecule has 7 heteroatoms. The molecule has 1 amide bonds. The minimum atomic E-state index is 0.0359. The zero-order chi connectivity index (χ0) is 21.4. The molecule has 31 heavy (non-hydrogen) atoms. The first-order valence-corrected chi connectivity index (χ1v) is 11.3. The van der Waals surface area contributed by atoms with Gasteiger partial charge in [-0.05, 0) is 37.6 Å². The summed E-state index contributed by atoms with van der Waals surface area (Å²) in [5.74, 6) is 0.0359. The van der Waals surface area contributed by atoms with E-state index >= 15 is 0 Å². The van der Waals surface area contributed by atoms with Gasteiger partial charge < -0.3 is 9.64 Å². The van der Waals surface area contributed by atoms with Crippen molar-refractivity contribution in [1.29, 1.82) is 0 Å². The smallest absolute Gasteiger partial charge is 0.274 e. The van der Waals surface area contributed by atoms with Gasteiger partial charge in [-0.2, -0.15) is 5.10 Å². The van der Waals surface area contributed by atoms with E-state index in [1.807, 2.05) is 52.9 Å². The van der Waals surface area contributed by atoms with E-state index in [1.54, 1.807) is 17.5 Å². The summed E-state index contributed by atoms with van der Waals surface area (Å²) in [5, 5.41) is 5.15. The van der Waals surface area contributed by atoms with E-state index in [4.69, 9.17) is 4.74 Å². The normalized spacial score (nSPS) is 14.8. The van der Waals surface area contributed by atoms with Gasteiger partial charge in [-0.3, -0.25) is 4.79 Å². The third-order valence-corrected chi connectivity index (χ3v) is 6.75. The SMILES string of the molecule is Cc1cccc2sc(OC3CCN(C(=O)c4cnn(-c5ccccc5)c4C)CC3)nc12. The summed E-state index contributed by atoms with van der Waals surface area (Å²) in [7, 11) is 0. The minimum Gasteiger partial charge on any atom is -0.467 e. The quantitative estimate of drug-likeness (QED) is 0.466. The van der Waals surface area contributed by atoms with Crippen LogP contribution in [0.25, 0.3) is 15.9 Å². The predicted octanol–water partition coefficient (Wildman–Crippen LogP) is 4.78. The topological polar surface area (TPSA) is 60.2 Å². The van der Waals surface area contributed by atoms with E-state index in [0.717, 1.165) is 40.0 Å². The second-order valence-corrected chi connectivity index (χ2v) is 8.90. The molecule has 1 saturated heterocycles. The highest BCUT2D eigenvalue weighted by molar-refractivity contribution is 7.20. The van der Waals surface area contributed by atoms with Crippen LogP contribution in [0.5, 0.6) is 5.19 Å². The summed E-state index contributed by atoms with van der Waals surface area (Å²) in [6, 6.07) is 16.1. The van der Waals surface area contributed by atoms with Crippen LogP contribution < -0.4 is 4.74 Å². The van der Waals surface area contributed by atoms with E-state index in [1.165, 1.54) is 0 Å². The number of benzene rings is 2. The molecule has 1 aliphatic rings. The number of likely N-dealkylation sites (tertiary alicyclic amines) is 1. The fourth-order valence-corrected chi connectivity index (χ4v) is 5.01. The van der Waals surface area contributed by atoms with Crippen LogP contribution >= 0.6 is 11.3 Å². The number of amides is 1. The van der Waals surface area contributed by atoms with Crippen molar-refractivity contribution in [2.75, 3.05) is 13.1 Å². The number of hydrogen-bond donors (Lipinski definition) is 0. The first kappa shape index (κ1) is 19.8. The predicted molar refractivity (Wildman–Crippen MR) is 122 cm³/mol. The molecule has 0 saturated carbocycles. The molecule has 0 N–H and O–H groups in total. The lowest BCUT2D eigenvalue weighted by Gasteiger charge is -2.31. The lowest BCUT2D eigenvalue weighted by atomic mass is 10.1. The molecule has 3 heterocycles. The van der Waals surface area contributed by atoms with Crippen LogP contribution in [-0.4, -0.2) is 44.8 Å². The summed E-state index contributed by atoms with van der Waals surface area (Å²) in [6.45, 7) is 5.35. The first-order chi connectivity index (χ1) is 15.1. The van der Waals surface area contributed by atoms with Crippen molar-refractivity contribution < 1.29 is 9.53 Å². The maximum absolute atomic E-state index is 13.1. The fourth-order valence-electron chi connectivity index (χ4n) is 4.05. The van der Waals surface area contributed by atoms with E-state index in [0.29, 0.717) is 23.8 Å². The lowest BCUT2D eigenvalue weighted by molar-refractivity contribution is 0.0595. The van der Waals surface area contributed by atoms with Gasteiger partial charge in [-0.25, -0.2) is 9.67 Å². The fraction of sp³-hybridized carbons (Fsp3) is 0.292. The number of rotatable bonds is 4. The Labute approximate surface area is 185 Å². The zero-order valence-electron chi connectivity index (χ0n) is 17.6. The summed E-state index contributed by atoms with van der Waals surface area (Å²) >= 11 is 1.59. The van der Waals surface area contributed by atoms with Crippen LogP contribution in [0.4, 0.5) is 0 Å². The van der Waals surface area contributed by atoms with E-state index in [-0.39, 0.29) is 12.0 Å². The molecule has 1 aliphatic heterocycles. The third kappa shape index (κ3) is 3.81. The van der Waals surface area contributed by atoms with E-state index in [9.17, 15) is 4.79 Å². The molecular formula is C24H24N4O2S. The van der Waals surface area contributed by atoms with Crippen LogP contribution in [0.2, 0.25) is 0 Å². The van der Waals surface area contributed by atoms with Gasteiger partial charge in [0.2, 0.25) is 0 Å². The number of aromatic nitrogens is 3. The number of para-hydroxylation sites is 2. The highest BCUT2D eigenvalue weighted by Gasteiger charge is 2.27. The van der Waals surface area contributed by atoms with Gasteiger partial charge in [0.05, 0.1) is 33.4 Å². The van der Waals surface area contributed by atoms with Crippen LogP contribution in [0.1, 0.15) is 34.5 Å². The van der Waals surface area contributed by atoms with Crippen LogP contribution in [0.3, 0.4) is 0 Å². The molecule has 0 spiro atoms. The molecule has 2 aromatic heterocycles. The molecule has 0 aliphatic carbocycles. The van der Waals surface area contributed by atoms with Crippen molar-refractivity contribution in [2.24, 2.45) is 0 Å². The van der Waals surface area contributed by atoms with E-state index < -0.39 is 0 Å². The van der Waals surface area contributed by atoms with Gasteiger partial charge in [0.15, 0.2) is 0 Å². The first-order valence-electron chi connectivity index (χ1n) is 10.5. The molecule has 0 unspecified atom stereocenters. The number of ether oxygens (including phenoxy) is 1. The van der Waals surface area contributed by atoms with Crippen molar-refractivity contribution in [3.63, 3.8) is 0 Å². The third-order valence-electron chi connectivity index (χ3n) is 5.84. The Balaban J connectivity index is 1.24. The highest BCUT2D eigenvalue weighted by Crippen LogP contribution is 2.31. The van der Waals surface area contributed by atoms with Crippen molar-refractivity contribution in [3.05, 3.63) is 71.5 Å². The largest absolute Gasteiger partial charge is 0.467 e. The molecule has 0 atom stereocenters. The van der Waals surface area contributed by atoms with Crippen molar-refractivity contribution >= 4 is 27.5 Å². The van der Waals surface area contributed by atoms with Crippen molar-refractivity contribution in [1.82, 2.24) is 19.7 Å². The summed E-state index contributed by atoms with van der Waals surface area (Å²) in [4.78, 5) is 19.7. The number of hydrogen-bond acceptors (Lipinski definition) is 5. The molecule has 1 fully saturated rings. The highest BCUT2D eigenvalue weighted by atomic mass is 32.1. The molecule has 5 rings (SSSR count). The Morgan fingerprint density at radius 2 is 1.84 bits per heavy atom. The number of piperidine rings is 1. The minimum absolute atomic E-state index is 0.0359. The Bertz CT molecular complexity index is 1220. The Morgan fingerprint density at radius 3 is 2.58 bits per heavy atom. The molecule has 2 aromatic carbocycles. The molecular weight excluding hydrogens is 408 g/mol. The maximum atomic E-state index is 13.1. The summed E-state index contributed by atoms with van der Waals surface area (Å²) < 4.78 is 9.13. The second kappa shape index (κ2) is 8.15. The Hall–Kier alpha value is -3.19. The number of aryl methyl sites for hydroxylation is 1. The van der Waals surface area contributed by atoms with Crippen LogP contribution in [-0.2, 0) is 0 Å². The molecule has 0 bridgehead atoms. The monoisotopic (exact) mass is 432 g/mol. The van der Waals surface area contributed by atoms with Gasteiger partial charge in [-0.15, -0.1) is 0 Å². The van der Waals surface area contributed by atoms with E-state index in [2.05, 4.69) is 29.1 Å². The zero-order valence-corrected chi connectivity index (χ0v) is 18.4. The maximum Gasteiger partial charge on any atom is 0.274 e. The number of thiazole rings is 1. The summed E-state index contributed by atoms with van der Waals surface area (Å²) in [5.41, 5.74) is 4.65. The number of carbonyl (C=O) groups excluding carboxylic acids is 1. The summed E-state index contributed by atoms with van der Waals surface area (Å²) in [6.07, 6.45) is 3.36. The molecule has 6 nitrogen and oxygen atoms in total. The second-order valence-electron chi connectivity index (χ2n) is 7.90. The lowest BCUT2D eigenvalue weighted by Crippen LogP contribution is -2.41. The van der Waals surface area contributed by atoms with Crippen molar-refractivity contribution in [3.8, 4) is 10.9 Å². The van der Waals surface area contributed by atoms with Gasteiger partial charge in [0, 0.05) is 25.9 Å². The van der Waals surface area contributed by atoms with Gasteiger partial charge >= 0.3 is 0 Å². The van der Waals surface area contributed by atoms with Crippen LogP contribution in [0, 0.1) is 13.8 Å². The standard InChI is InChI=1S/C24H24N4O2S/c1-16-7-6-10-21-22(16)26-24(31-21)30-19-11-13-27(14-12-19)23(29)20-15-25-28(17(20)2)18-8-4-3-5-9-18/h3-10,15,19H,11-14H2,1-2H3. The number of carbonyl (C=O) groups is 1. The number of nitrogens with zero attached hydrogens (tertiary/aromatic N) is 4. The van der Waals surface area contributed by atoms with Gasteiger partial charge in [0.1, 0.15) is 6.10 Å². The molecule has 0 radical (unpaired) electrons. The van der Waals surface area contributed by atoms with Gasteiger partial charge in [0.25, 0.3) is 11.1 Å². The van der Waals surface area contributed by atoms with Crippen LogP contribution in [0.15, 0.2) is 54.7 Å². The Kier molecular flexibility index (Phi) is 5.19. The Morgan fingerprint density at radius 1 is 1.06 bits per heavy atom. The van der Waals surface area contributed by atoms with Crippen molar-refractivity contribution in [2.45, 2.75) is 32.8 Å². The number of fused-ring (bicyclic) bond motifs is 1.